The van der Waals surface area contributed by atoms with E-state index in [0.717, 1.165) is 5.56 Å². The van der Waals surface area contributed by atoms with E-state index in [4.69, 9.17) is 0 Å². The zero-order valence-corrected chi connectivity index (χ0v) is 14.1. The summed E-state index contributed by atoms with van der Waals surface area (Å²) in [6.07, 6.45) is 3.37. The Kier molecular flexibility index (Phi) is 5.52. The summed E-state index contributed by atoms with van der Waals surface area (Å²) >= 11 is 0. The number of nitrogens with one attached hydrogen (secondary N) is 3. The molecule has 0 aliphatic rings. The van der Waals surface area contributed by atoms with E-state index in [1.807, 2.05) is 32.9 Å². The van der Waals surface area contributed by atoms with Gasteiger partial charge < -0.3 is 16.0 Å². The number of anilines is 1. The van der Waals surface area contributed by atoms with E-state index in [-0.39, 0.29) is 17.5 Å². The molecule has 0 saturated carbocycles. The number of nitrogens with zero attached hydrogens (tertiary/aromatic N) is 1. The molecule has 0 aliphatic carbocycles. The van der Waals surface area contributed by atoms with E-state index in [9.17, 15) is 9.59 Å². The molecule has 0 spiro atoms. The van der Waals surface area contributed by atoms with Crippen LogP contribution >= 0.6 is 0 Å². The minimum atomic E-state index is -0.341. The van der Waals surface area contributed by atoms with Crippen LogP contribution in [0.2, 0.25) is 0 Å². The van der Waals surface area contributed by atoms with E-state index < -0.39 is 0 Å². The summed E-state index contributed by atoms with van der Waals surface area (Å²) in [5.41, 5.74) is 1.64. The number of carbonyl (C=O) groups is 2. The first-order valence-electron chi connectivity index (χ1n) is 7.70. The number of urea groups is 1. The summed E-state index contributed by atoms with van der Waals surface area (Å²) in [5, 5.41) is 8.35. The fraction of sp³-hybridized carbons (Fsp3) is 0.278. The third kappa shape index (κ3) is 5.72. The first kappa shape index (κ1) is 17.5. The monoisotopic (exact) mass is 326 g/mol. The number of amides is 3. The van der Waals surface area contributed by atoms with Gasteiger partial charge in [0.1, 0.15) is 0 Å². The predicted molar refractivity (Wildman–Crippen MR) is 93.8 cm³/mol. The van der Waals surface area contributed by atoms with Gasteiger partial charge in [-0.15, -0.1) is 0 Å². The van der Waals surface area contributed by atoms with Crippen molar-refractivity contribution in [3.63, 3.8) is 0 Å². The van der Waals surface area contributed by atoms with Crippen molar-refractivity contribution in [2.75, 3.05) is 5.32 Å². The Bertz CT molecular complexity index is 708. The van der Waals surface area contributed by atoms with Crippen molar-refractivity contribution in [1.29, 1.82) is 0 Å². The molecule has 3 amide bonds. The van der Waals surface area contributed by atoms with Gasteiger partial charge in [-0.05, 0) is 50.6 Å². The van der Waals surface area contributed by atoms with Gasteiger partial charge in [-0.25, -0.2) is 4.79 Å². The van der Waals surface area contributed by atoms with Crippen LogP contribution in [0.15, 0.2) is 48.8 Å². The molecule has 0 bridgehead atoms. The molecular formula is C18H22N4O2. The number of hydrogen-bond donors (Lipinski definition) is 3. The van der Waals surface area contributed by atoms with Crippen LogP contribution < -0.4 is 16.0 Å². The molecule has 1 heterocycles. The summed E-state index contributed by atoms with van der Waals surface area (Å²) in [5.74, 6) is -0.179. The molecule has 0 fully saturated rings. The van der Waals surface area contributed by atoms with Gasteiger partial charge >= 0.3 is 6.03 Å². The molecule has 0 radical (unpaired) electrons. The average molecular weight is 326 g/mol. The maximum Gasteiger partial charge on any atom is 0.319 e. The molecule has 0 atom stereocenters. The highest BCUT2D eigenvalue weighted by atomic mass is 16.2. The molecule has 6 heteroatoms. The van der Waals surface area contributed by atoms with Crippen LogP contribution in [0.1, 0.15) is 36.7 Å². The molecule has 126 valence electrons. The average Bonchev–Trinajstić information content (AvgIpc) is 2.52. The van der Waals surface area contributed by atoms with Crippen LogP contribution in [0.4, 0.5) is 10.5 Å². The zero-order valence-electron chi connectivity index (χ0n) is 14.1. The number of pyridine rings is 1. The summed E-state index contributed by atoms with van der Waals surface area (Å²) in [6, 6.07) is 10.2. The Morgan fingerprint density at radius 3 is 2.58 bits per heavy atom. The molecular weight excluding hydrogens is 304 g/mol. The van der Waals surface area contributed by atoms with Gasteiger partial charge in [-0.2, -0.15) is 0 Å². The SMILES string of the molecule is CC(C)(C)NC(=O)c1cccc(NC(=O)NCc2cccnc2)c1. The Balaban J connectivity index is 1.94. The standard InChI is InChI=1S/C18H22N4O2/c1-18(2,3)22-16(23)14-7-4-8-15(10-14)21-17(24)20-12-13-6-5-9-19-11-13/h4-11H,12H2,1-3H3,(H,22,23)(H2,20,21,24). The van der Waals surface area contributed by atoms with Gasteiger partial charge in [0.25, 0.3) is 5.91 Å². The third-order valence-electron chi connectivity index (χ3n) is 3.05. The van der Waals surface area contributed by atoms with Crippen LogP contribution in [0, 0.1) is 0 Å². The summed E-state index contributed by atoms with van der Waals surface area (Å²) in [7, 11) is 0. The molecule has 2 rings (SSSR count). The second-order valence-corrected chi connectivity index (χ2v) is 6.45. The predicted octanol–water partition coefficient (Wildman–Crippen LogP) is 2.93. The molecule has 24 heavy (non-hydrogen) atoms. The molecule has 1 aromatic carbocycles. The van der Waals surface area contributed by atoms with Crippen molar-refractivity contribution in [1.82, 2.24) is 15.6 Å². The molecule has 3 N–H and O–H groups in total. The van der Waals surface area contributed by atoms with Crippen LogP contribution in [-0.4, -0.2) is 22.5 Å². The van der Waals surface area contributed by atoms with Crippen molar-refractivity contribution in [2.45, 2.75) is 32.9 Å². The third-order valence-corrected chi connectivity index (χ3v) is 3.05. The Morgan fingerprint density at radius 2 is 1.92 bits per heavy atom. The highest BCUT2D eigenvalue weighted by molar-refractivity contribution is 5.97. The van der Waals surface area contributed by atoms with Crippen LogP contribution in [0.25, 0.3) is 0 Å². The largest absolute Gasteiger partial charge is 0.347 e. The van der Waals surface area contributed by atoms with E-state index in [1.54, 1.807) is 36.7 Å². The number of hydrogen-bond acceptors (Lipinski definition) is 3. The van der Waals surface area contributed by atoms with Gasteiger partial charge in [-0.3, -0.25) is 9.78 Å². The van der Waals surface area contributed by atoms with Crippen molar-refractivity contribution < 1.29 is 9.59 Å². The minimum absolute atomic E-state index is 0.179. The maximum atomic E-state index is 12.2. The van der Waals surface area contributed by atoms with Crippen molar-refractivity contribution in [2.24, 2.45) is 0 Å². The zero-order chi connectivity index (χ0) is 17.6. The molecule has 0 saturated heterocycles. The van der Waals surface area contributed by atoms with Gasteiger partial charge in [0.2, 0.25) is 0 Å². The van der Waals surface area contributed by atoms with Crippen molar-refractivity contribution in [3.05, 3.63) is 59.9 Å². The van der Waals surface area contributed by atoms with E-state index in [2.05, 4.69) is 20.9 Å². The maximum absolute atomic E-state index is 12.2. The lowest BCUT2D eigenvalue weighted by molar-refractivity contribution is 0.0919. The highest BCUT2D eigenvalue weighted by Gasteiger charge is 2.15. The van der Waals surface area contributed by atoms with Crippen molar-refractivity contribution >= 4 is 17.6 Å². The lowest BCUT2D eigenvalue weighted by Gasteiger charge is -2.20. The second-order valence-electron chi connectivity index (χ2n) is 6.45. The lowest BCUT2D eigenvalue weighted by atomic mass is 10.1. The Labute approximate surface area is 141 Å². The Morgan fingerprint density at radius 1 is 1.12 bits per heavy atom. The number of benzene rings is 1. The molecule has 2 aromatic rings. The van der Waals surface area contributed by atoms with Gasteiger partial charge in [-0.1, -0.05) is 12.1 Å². The van der Waals surface area contributed by atoms with Crippen molar-refractivity contribution in [3.8, 4) is 0 Å². The highest BCUT2D eigenvalue weighted by Crippen LogP contribution is 2.12. The first-order chi connectivity index (χ1) is 11.3. The Hall–Kier alpha value is -2.89. The van der Waals surface area contributed by atoms with Gasteiger partial charge in [0, 0.05) is 35.7 Å². The topological polar surface area (TPSA) is 83.1 Å². The van der Waals surface area contributed by atoms with E-state index in [1.165, 1.54) is 0 Å². The van der Waals surface area contributed by atoms with E-state index in [0.29, 0.717) is 17.8 Å². The normalized spacial score (nSPS) is 10.8. The fourth-order valence-electron chi connectivity index (χ4n) is 2.01. The molecule has 0 aliphatic heterocycles. The molecule has 6 nitrogen and oxygen atoms in total. The molecule has 0 unspecified atom stereocenters. The smallest absolute Gasteiger partial charge is 0.319 e. The number of aromatic nitrogens is 1. The quantitative estimate of drug-likeness (QED) is 0.808. The van der Waals surface area contributed by atoms with Crippen LogP contribution in [0.5, 0.6) is 0 Å². The van der Waals surface area contributed by atoms with Gasteiger partial charge in [0.15, 0.2) is 0 Å². The number of rotatable bonds is 4. The van der Waals surface area contributed by atoms with E-state index >= 15 is 0 Å². The first-order valence-corrected chi connectivity index (χ1v) is 7.70. The summed E-state index contributed by atoms with van der Waals surface area (Å²) in [6.45, 7) is 6.13. The summed E-state index contributed by atoms with van der Waals surface area (Å²) in [4.78, 5) is 28.1. The number of carbonyl (C=O) groups excluding carboxylic acids is 2. The summed E-state index contributed by atoms with van der Waals surface area (Å²) < 4.78 is 0. The molecule has 1 aromatic heterocycles. The van der Waals surface area contributed by atoms with Gasteiger partial charge in [0.05, 0.1) is 0 Å². The lowest BCUT2D eigenvalue weighted by Crippen LogP contribution is -2.40. The minimum Gasteiger partial charge on any atom is -0.347 e. The fourth-order valence-corrected chi connectivity index (χ4v) is 2.01. The van der Waals surface area contributed by atoms with Crippen LogP contribution in [0.3, 0.4) is 0 Å². The second kappa shape index (κ2) is 7.59. The van der Waals surface area contributed by atoms with Crippen LogP contribution in [-0.2, 0) is 6.54 Å².